The molecule has 1 spiro atoms. The summed E-state index contributed by atoms with van der Waals surface area (Å²) < 4.78 is 0. The number of carbonyl (C=O) groups is 1. The Morgan fingerprint density at radius 2 is 1.77 bits per heavy atom. The van der Waals surface area contributed by atoms with Crippen molar-refractivity contribution >= 4 is 5.91 Å². The van der Waals surface area contributed by atoms with Gasteiger partial charge in [0.25, 0.3) is 0 Å². The first-order chi connectivity index (χ1) is 6.06. The van der Waals surface area contributed by atoms with Gasteiger partial charge in [-0.2, -0.15) is 0 Å². The van der Waals surface area contributed by atoms with Crippen LogP contribution in [0.5, 0.6) is 0 Å². The Hall–Kier alpha value is -0.530. The van der Waals surface area contributed by atoms with E-state index in [9.17, 15) is 4.79 Å². The topological polar surface area (TPSA) is 29.1 Å². The van der Waals surface area contributed by atoms with E-state index >= 15 is 0 Å². The average Bonchev–Trinajstić information content (AvgIpc) is 2.23. The van der Waals surface area contributed by atoms with Crippen molar-refractivity contribution in [1.29, 1.82) is 0 Å². The molecule has 2 heteroatoms. The van der Waals surface area contributed by atoms with E-state index in [0.29, 0.717) is 6.42 Å². The molecular weight excluding hydrogens is 162 g/mol. The van der Waals surface area contributed by atoms with Crippen LogP contribution in [0, 0.1) is 5.41 Å². The van der Waals surface area contributed by atoms with Gasteiger partial charge in [0, 0.05) is 12.0 Å². The zero-order valence-corrected chi connectivity index (χ0v) is 8.65. The minimum atomic E-state index is 0.141. The maximum Gasteiger partial charge on any atom is 0.221 e. The van der Waals surface area contributed by atoms with E-state index in [0.717, 1.165) is 0 Å². The summed E-state index contributed by atoms with van der Waals surface area (Å²) >= 11 is 0. The van der Waals surface area contributed by atoms with E-state index in [4.69, 9.17) is 0 Å². The first-order valence-corrected chi connectivity index (χ1v) is 5.37. The van der Waals surface area contributed by atoms with Crippen LogP contribution in [-0.4, -0.2) is 11.4 Å². The van der Waals surface area contributed by atoms with Crippen LogP contribution in [0.3, 0.4) is 0 Å². The SMILES string of the molecule is CC1(C)CC(=O)NC12CCCCC2. The van der Waals surface area contributed by atoms with Crippen molar-refractivity contribution in [1.82, 2.24) is 5.32 Å². The standard InChI is InChI=1S/C11H19NO/c1-10(2)8-9(13)12-11(10)6-4-3-5-7-11/h3-8H2,1-2H3,(H,12,13). The average molecular weight is 181 g/mol. The number of rotatable bonds is 0. The molecule has 2 rings (SSSR count). The highest BCUT2D eigenvalue weighted by Gasteiger charge is 2.52. The number of amides is 1. The van der Waals surface area contributed by atoms with Crippen molar-refractivity contribution in [2.75, 3.05) is 0 Å². The summed E-state index contributed by atoms with van der Waals surface area (Å²) in [6.07, 6.45) is 6.99. The van der Waals surface area contributed by atoms with Crippen molar-refractivity contribution in [3.63, 3.8) is 0 Å². The molecular formula is C11H19NO. The van der Waals surface area contributed by atoms with Crippen molar-refractivity contribution in [2.24, 2.45) is 5.41 Å². The third-order valence-corrected chi connectivity index (χ3v) is 3.98. The lowest BCUT2D eigenvalue weighted by Gasteiger charge is -2.43. The molecule has 1 aliphatic carbocycles. The lowest BCUT2D eigenvalue weighted by Crippen LogP contribution is -2.51. The first kappa shape index (κ1) is 9.04. The van der Waals surface area contributed by atoms with Crippen molar-refractivity contribution < 1.29 is 4.79 Å². The van der Waals surface area contributed by atoms with Crippen LogP contribution in [0.15, 0.2) is 0 Å². The van der Waals surface area contributed by atoms with Gasteiger partial charge in [-0.05, 0) is 18.3 Å². The molecule has 1 amide bonds. The molecule has 0 atom stereocenters. The molecule has 1 heterocycles. The summed E-state index contributed by atoms with van der Waals surface area (Å²) in [6, 6.07) is 0. The van der Waals surface area contributed by atoms with Crippen molar-refractivity contribution in [2.45, 2.75) is 57.9 Å². The first-order valence-electron chi connectivity index (χ1n) is 5.37. The summed E-state index contributed by atoms with van der Waals surface area (Å²) in [5.74, 6) is 0.256. The molecule has 0 aromatic rings. The Morgan fingerprint density at radius 3 is 2.23 bits per heavy atom. The van der Waals surface area contributed by atoms with Gasteiger partial charge >= 0.3 is 0 Å². The smallest absolute Gasteiger partial charge is 0.221 e. The molecule has 0 radical (unpaired) electrons. The molecule has 1 N–H and O–H groups in total. The molecule has 2 nitrogen and oxygen atoms in total. The summed E-state index contributed by atoms with van der Waals surface area (Å²) in [5, 5.41) is 3.22. The Morgan fingerprint density at radius 1 is 1.15 bits per heavy atom. The van der Waals surface area contributed by atoms with Crippen molar-refractivity contribution in [3.8, 4) is 0 Å². The lowest BCUT2D eigenvalue weighted by atomic mass is 9.66. The highest BCUT2D eigenvalue weighted by molar-refractivity contribution is 5.80. The van der Waals surface area contributed by atoms with E-state index < -0.39 is 0 Å². The van der Waals surface area contributed by atoms with E-state index in [1.54, 1.807) is 0 Å². The molecule has 1 aliphatic heterocycles. The molecule has 0 aromatic carbocycles. The van der Waals surface area contributed by atoms with Crippen LogP contribution >= 0.6 is 0 Å². The monoisotopic (exact) mass is 181 g/mol. The number of hydrogen-bond donors (Lipinski definition) is 1. The molecule has 2 fully saturated rings. The molecule has 0 aromatic heterocycles. The van der Waals surface area contributed by atoms with Crippen LogP contribution in [0.2, 0.25) is 0 Å². The zero-order valence-electron chi connectivity index (χ0n) is 8.65. The molecule has 13 heavy (non-hydrogen) atoms. The normalized spacial score (nSPS) is 30.5. The molecule has 74 valence electrons. The fourth-order valence-electron chi connectivity index (χ4n) is 3.01. The van der Waals surface area contributed by atoms with Gasteiger partial charge in [0.05, 0.1) is 0 Å². The highest BCUT2D eigenvalue weighted by atomic mass is 16.2. The summed E-state index contributed by atoms with van der Waals surface area (Å²) in [7, 11) is 0. The maximum absolute atomic E-state index is 11.4. The predicted molar refractivity (Wildman–Crippen MR) is 52.4 cm³/mol. The maximum atomic E-state index is 11.4. The second-order valence-electron chi connectivity index (χ2n) is 5.25. The largest absolute Gasteiger partial charge is 0.350 e. The third-order valence-electron chi connectivity index (χ3n) is 3.98. The van der Waals surface area contributed by atoms with E-state index in [2.05, 4.69) is 19.2 Å². The second kappa shape index (κ2) is 2.73. The van der Waals surface area contributed by atoms with Crippen LogP contribution < -0.4 is 5.32 Å². The van der Waals surface area contributed by atoms with Gasteiger partial charge in [0.15, 0.2) is 0 Å². The highest BCUT2D eigenvalue weighted by Crippen LogP contribution is 2.47. The van der Waals surface area contributed by atoms with Gasteiger partial charge in [0.1, 0.15) is 0 Å². The summed E-state index contributed by atoms with van der Waals surface area (Å²) in [4.78, 5) is 11.4. The van der Waals surface area contributed by atoms with Gasteiger partial charge in [-0.15, -0.1) is 0 Å². The minimum Gasteiger partial charge on any atom is -0.350 e. The Kier molecular flexibility index (Phi) is 1.90. The second-order valence-corrected chi connectivity index (χ2v) is 5.25. The Bertz CT molecular complexity index is 226. The minimum absolute atomic E-state index is 0.141. The zero-order chi connectivity index (χ0) is 9.53. The Labute approximate surface area is 80.1 Å². The molecule has 2 aliphatic rings. The van der Waals surface area contributed by atoms with Gasteiger partial charge in [-0.3, -0.25) is 4.79 Å². The fraction of sp³-hybridized carbons (Fsp3) is 0.909. The van der Waals surface area contributed by atoms with Crippen LogP contribution in [0.1, 0.15) is 52.4 Å². The number of nitrogens with one attached hydrogen (secondary N) is 1. The van der Waals surface area contributed by atoms with E-state index in [-0.39, 0.29) is 16.9 Å². The van der Waals surface area contributed by atoms with E-state index in [1.807, 2.05) is 0 Å². The van der Waals surface area contributed by atoms with Crippen molar-refractivity contribution in [3.05, 3.63) is 0 Å². The quantitative estimate of drug-likeness (QED) is 0.610. The van der Waals surface area contributed by atoms with Gasteiger partial charge in [-0.1, -0.05) is 33.1 Å². The van der Waals surface area contributed by atoms with Gasteiger partial charge < -0.3 is 5.32 Å². The van der Waals surface area contributed by atoms with Gasteiger partial charge in [0.2, 0.25) is 5.91 Å². The molecule has 1 saturated carbocycles. The summed E-state index contributed by atoms with van der Waals surface area (Å²) in [6.45, 7) is 4.46. The fourth-order valence-corrected chi connectivity index (χ4v) is 3.01. The lowest BCUT2D eigenvalue weighted by molar-refractivity contribution is -0.120. The van der Waals surface area contributed by atoms with Crippen LogP contribution in [0.4, 0.5) is 0 Å². The van der Waals surface area contributed by atoms with Crippen LogP contribution in [0.25, 0.3) is 0 Å². The van der Waals surface area contributed by atoms with E-state index in [1.165, 1.54) is 32.1 Å². The molecule has 0 unspecified atom stereocenters. The van der Waals surface area contributed by atoms with Gasteiger partial charge in [-0.25, -0.2) is 0 Å². The van der Waals surface area contributed by atoms with Crippen LogP contribution in [-0.2, 0) is 4.79 Å². The number of carbonyl (C=O) groups excluding carboxylic acids is 1. The molecule has 1 saturated heterocycles. The predicted octanol–water partition coefficient (Wildman–Crippen LogP) is 2.24. The Balaban J connectivity index is 2.24. The third kappa shape index (κ3) is 1.27. The molecule has 0 bridgehead atoms. The number of hydrogen-bond acceptors (Lipinski definition) is 1. The summed E-state index contributed by atoms with van der Waals surface area (Å²) in [5.41, 5.74) is 0.312.